The molecule has 2 nitrogen and oxygen atoms in total. The van der Waals surface area contributed by atoms with E-state index in [9.17, 15) is 0 Å². The third-order valence-electron chi connectivity index (χ3n) is 4.77. The maximum atomic E-state index is 6.43. The first kappa shape index (κ1) is 19.5. The molecule has 0 saturated heterocycles. The highest BCUT2D eigenvalue weighted by Gasteiger charge is 2.22. The number of rotatable bonds is 4. The lowest BCUT2D eigenvalue weighted by molar-refractivity contribution is 0.327. The lowest BCUT2D eigenvalue weighted by atomic mass is 9.83. The number of hydrogen-bond acceptors (Lipinski definition) is 2. The van der Waals surface area contributed by atoms with E-state index in [1.807, 2.05) is 18.2 Å². The molecule has 0 aliphatic rings. The van der Waals surface area contributed by atoms with Crippen molar-refractivity contribution in [1.29, 1.82) is 0 Å². The van der Waals surface area contributed by atoms with Crippen LogP contribution in [0.5, 0.6) is 0 Å². The standard InChI is InChI=1S/C24H27ClN2/c1-17-7-5-9-21(15-17)27(22-10-6-8-19(25)16-22)20-13-11-18(12-14-20)23(26)24(2,3)4/h5-16,23H,26H2,1-4H3. The first-order valence-corrected chi connectivity index (χ1v) is 9.61. The lowest BCUT2D eigenvalue weighted by Gasteiger charge is -2.29. The number of anilines is 3. The van der Waals surface area contributed by atoms with Crippen molar-refractivity contribution in [2.24, 2.45) is 11.1 Å². The molecule has 2 N–H and O–H groups in total. The van der Waals surface area contributed by atoms with Crippen molar-refractivity contribution in [3.8, 4) is 0 Å². The molecule has 3 aromatic rings. The molecule has 3 heteroatoms. The highest BCUT2D eigenvalue weighted by Crippen LogP contribution is 2.37. The molecule has 3 aromatic carbocycles. The van der Waals surface area contributed by atoms with Crippen LogP contribution in [-0.4, -0.2) is 0 Å². The van der Waals surface area contributed by atoms with E-state index in [-0.39, 0.29) is 11.5 Å². The van der Waals surface area contributed by atoms with E-state index < -0.39 is 0 Å². The molecule has 1 atom stereocenters. The highest BCUT2D eigenvalue weighted by molar-refractivity contribution is 6.30. The number of benzene rings is 3. The molecule has 140 valence electrons. The first-order valence-electron chi connectivity index (χ1n) is 9.23. The van der Waals surface area contributed by atoms with Crippen LogP contribution in [-0.2, 0) is 0 Å². The van der Waals surface area contributed by atoms with Crippen LogP contribution in [0.15, 0.2) is 72.8 Å². The minimum Gasteiger partial charge on any atom is -0.324 e. The van der Waals surface area contributed by atoms with E-state index in [1.54, 1.807) is 0 Å². The molecule has 27 heavy (non-hydrogen) atoms. The third-order valence-corrected chi connectivity index (χ3v) is 5.00. The Hall–Kier alpha value is -2.29. The molecule has 3 rings (SSSR count). The molecule has 0 aliphatic heterocycles. The van der Waals surface area contributed by atoms with Gasteiger partial charge < -0.3 is 10.6 Å². The Kier molecular flexibility index (Phi) is 5.59. The Morgan fingerprint density at radius 2 is 1.41 bits per heavy atom. The van der Waals surface area contributed by atoms with Gasteiger partial charge in [0, 0.05) is 28.1 Å². The highest BCUT2D eigenvalue weighted by atomic mass is 35.5. The van der Waals surface area contributed by atoms with E-state index in [1.165, 1.54) is 5.56 Å². The Labute approximate surface area is 167 Å². The van der Waals surface area contributed by atoms with Crippen molar-refractivity contribution in [2.75, 3.05) is 4.90 Å². The summed E-state index contributed by atoms with van der Waals surface area (Å²) in [5.74, 6) is 0. The van der Waals surface area contributed by atoms with E-state index in [2.05, 4.69) is 87.2 Å². The van der Waals surface area contributed by atoms with Gasteiger partial charge in [-0.15, -0.1) is 0 Å². The number of nitrogens with two attached hydrogens (primary N) is 1. The molecule has 0 bridgehead atoms. The lowest BCUT2D eigenvalue weighted by Crippen LogP contribution is -2.26. The van der Waals surface area contributed by atoms with Gasteiger partial charge in [-0.25, -0.2) is 0 Å². The van der Waals surface area contributed by atoms with Gasteiger partial charge in [0.1, 0.15) is 0 Å². The SMILES string of the molecule is Cc1cccc(N(c2ccc(C(N)C(C)(C)C)cc2)c2cccc(Cl)c2)c1. The molecule has 0 radical (unpaired) electrons. The molecule has 0 aromatic heterocycles. The zero-order valence-corrected chi connectivity index (χ0v) is 17.2. The van der Waals surface area contributed by atoms with Crippen LogP contribution < -0.4 is 10.6 Å². The quantitative estimate of drug-likeness (QED) is 0.521. The van der Waals surface area contributed by atoms with Gasteiger partial charge in [0.15, 0.2) is 0 Å². The Bertz CT molecular complexity index is 865. The Morgan fingerprint density at radius 3 is 1.96 bits per heavy atom. The van der Waals surface area contributed by atoms with Gasteiger partial charge >= 0.3 is 0 Å². The number of nitrogens with zero attached hydrogens (tertiary/aromatic N) is 1. The van der Waals surface area contributed by atoms with Crippen LogP contribution in [0.1, 0.15) is 37.9 Å². The van der Waals surface area contributed by atoms with Gasteiger partial charge in [0.2, 0.25) is 0 Å². The fraction of sp³-hybridized carbons (Fsp3) is 0.250. The third kappa shape index (κ3) is 4.52. The van der Waals surface area contributed by atoms with Crippen molar-refractivity contribution >= 4 is 28.7 Å². The van der Waals surface area contributed by atoms with E-state index >= 15 is 0 Å². The van der Waals surface area contributed by atoms with Crippen LogP contribution >= 0.6 is 11.6 Å². The molecular weight excluding hydrogens is 352 g/mol. The Morgan fingerprint density at radius 1 is 0.815 bits per heavy atom. The molecule has 0 fully saturated rings. The predicted molar refractivity (Wildman–Crippen MR) is 117 cm³/mol. The van der Waals surface area contributed by atoms with E-state index in [4.69, 9.17) is 17.3 Å². The summed E-state index contributed by atoms with van der Waals surface area (Å²) < 4.78 is 0. The smallest absolute Gasteiger partial charge is 0.0476 e. The summed E-state index contributed by atoms with van der Waals surface area (Å²) in [7, 11) is 0. The maximum absolute atomic E-state index is 6.43. The number of halogens is 1. The van der Waals surface area contributed by atoms with Gasteiger partial charge in [-0.3, -0.25) is 0 Å². The second kappa shape index (κ2) is 7.75. The molecular formula is C24H27ClN2. The monoisotopic (exact) mass is 378 g/mol. The van der Waals surface area contributed by atoms with Gasteiger partial charge in [0.25, 0.3) is 0 Å². The molecule has 0 spiro atoms. The number of aryl methyl sites for hydroxylation is 1. The van der Waals surface area contributed by atoms with E-state index in [0.717, 1.165) is 27.6 Å². The van der Waals surface area contributed by atoms with E-state index in [0.29, 0.717) is 0 Å². The molecule has 0 heterocycles. The largest absolute Gasteiger partial charge is 0.324 e. The topological polar surface area (TPSA) is 29.3 Å². The molecule has 0 saturated carbocycles. The van der Waals surface area contributed by atoms with Crippen LogP contribution in [0, 0.1) is 12.3 Å². The summed E-state index contributed by atoms with van der Waals surface area (Å²) in [6, 6.07) is 24.9. The summed E-state index contributed by atoms with van der Waals surface area (Å²) >= 11 is 6.27. The van der Waals surface area contributed by atoms with Crippen LogP contribution in [0.25, 0.3) is 0 Å². The van der Waals surface area contributed by atoms with Gasteiger partial charge in [-0.05, 0) is 65.9 Å². The summed E-state index contributed by atoms with van der Waals surface area (Å²) in [5, 5.41) is 0.719. The van der Waals surface area contributed by atoms with Crippen molar-refractivity contribution in [1.82, 2.24) is 0 Å². The minimum absolute atomic E-state index is 0.00913. The number of hydrogen-bond donors (Lipinski definition) is 1. The van der Waals surface area contributed by atoms with Gasteiger partial charge in [0.05, 0.1) is 0 Å². The van der Waals surface area contributed by atoms with Crippen LogP contribution in [0.4, 0.5) is 17.1 Å². The van der Waals surface area contributed by atoms with Crippen molar-refractivity contribution in [3.63, 3.8) is 0 Å². The second-order valence-electron chi connectivity index (χ2n) is 8.09. The molecule has 1 unspecified atom stereocenters. The predicted octanol–water partition coefficient (Wildman–Crippen LogP) is 7.16. The summed E-state index contributed by atoms with van der Waals surface area (Å²) in [4.78, 5) is 2.21. The van der Waals surface area contributed by atoms with Crippen molar-refractivity contribution in [3.05, 3.63) is 88.9 Å². The maximum Gasteiger partial charge on any atom is 0.0476 e. The Balaban J connectivity index is 2.06. The van der Waals surface area contributed by atoms with Crippen molar-refractivity contribution < 1.29 is 0 Å². The van der Waals surface area contributed by atoms with Crippen LogP contribution in [0.3, 0.4) is 0 Å². The molecule has 0 aliphatic carbocycles. The summed E-state index contributed by atoms with van der Waals surface area (Å²) in [6.07, 6.45) is 0. The fourth-order valence-corrected chi connectivity index (χ4v) is 3.34. The molecule has 0 amide bonds. The second-order valence-corrected chi connectivity index (χ2v) is 8.53. The van der Waals surface area contributed by atoms with Gasteiger partial charge in [-0.2, -0.15) is 0 Å². The average molecular weight is 379 g/mol. The summed E-state index contributed by atoms with van der Waals surface area (Å²) in [5.41, 5.74) is 12.0. The van der Waals surface area contributed by atoms with Crippen molar-refractivity contribution in [2.45, 2.75) is 33.7 Å². The minimum atomic E-state index is -0.00913. The zero-order valence-electron chi connectivity index (χ0n) is 16.4. The average Bonchev–Trinajstić information content (AvgIpc) is 2.61. The first-order chi connectivity index (χ1) is 12.8. The van der Waals surface area contributed by atoms with Gasteiger partial charge in [-0.1, -0.05) is 62.7 Å². The van der Waals surface area contributed by atoms with Crippen LogP contribution in [0.2, 0.25) is 5.02 Å². The fourth-order valence-electron chi connectivity index (χ4n) is 3.16. The normalized spacial score (nSPS) is 12.7. The summed E-state index contributed by atoms with van der Waals surface area (Å²) in [6.45, 7) is 8.59. The zero-order chi connectivity index (χ0) is 19.6.